The molecule has 17 heavy (non-hydrogen) atoms. The third-order valence-corrected chi connectivity index (χ3v) is 3.42. The Labute approximate surface area is 115 Å². The van der Waals surface area contributed by atoms with Crippen LogP contribution in [-0.4, -0.2) is 12.6 Å². The van der Waals surface area contributed by atoms with E-state index < -0.39 is 0 Å². The van der Waals surface area contributed by atoms with Gasteiger partial charge in [0.05, 0.1) is 4.47 Å². The molecule has 92 valence electrons. The second-order valence-electron chi connectivity index (χ2n) is 4.06. The van der Waals surface area contributed by atoms with Crippen molar-refractivity contribution in [3.8, 4) is 5.75 Å². The van der Waals surface area contributed by atoms with Crippen LogP contribution in [0.4, 0.5) is 0 Å². The number of rotatable bonds is 6. The van der Waals surface area contributed by atoms with Gasteiger partial charge in [-0.2, -0.15) is 0 Å². The minimum Gasteiger partial charge on any atom is -0.488 e. The van der Waals surface area contributed by atoms with Crippen LogP contribution in [0, 0.1) is 0 Å². The molecule has 2 nitrogen and oxygen atoms in total. The minimum atomic E-state index is 0.489. The van der Waals surface area contributed by atoms with Crippen LogP contribution in [-0.2, 0) is 6.54 Å². The summed E-state index contributed by atoms with van der Waals surface area (Å²) in [5.74, 6) is 0.899. The highest BCUT2D eigenvalue weighted by Gasteiger charge is 2.20. The van der Waals surface area contributed by atoms with E-state index in [-0.39, 0.29) is 0 Å². The average molecular weight is 317 g/mol. The molecule has 1 N–H and O–H groups in total. The van der Waals surface area contributed by atoms with Gasteiger partial charge in [-0.15, -0.1) is 0 Å². The molecule has 0 radical (unpaired) electrons. The van der Waals surface area contributed by atoms with E-state index in [2.05, 4.69) is 27.3 Å². The highest BCUT2D eigenvalue weighted by atomic mass is 79.9. The van der Waals surface area contributed by atoms with Gasteiger partial charge in [0.2, 0.25) is 0 Å². The minimum absolute atomic E-state index is 0.489. The standard InChI is InChI=1S/C13H15BrClNO/c14-12-4-1-3-10(9-16-11-5-6-11)13(12)17-8-2-7-15/h1-4,7,11,16H,5-6,8-9H2. The Morgan fingerprint density at radius 1 is 1.47 bits per heavy atom. The highest BCUT2D eigenvalue weighted by Crippen LogP contribution is 2.30. The molecule has 0 unspecified atom stereocenters. The number of nitrogens with one attached hydrogen (secondary N) is 1. The predicted molar refractivity (Wildman–Crippen MR) is 74.5 cm³/mol. The summed E-state index contributed by atoms with van der Waals surface area (Å²) in [5.41, 5.74) is 2.65. The first-order valence-electron chi connectivity index (χ1n) is 5.70. The van der Waals surface area contributed by atoms with Crippen LogP contribution in [0.2, 0.25) is 0 Å². The number of hydrogen-bond donors (Lipinski definition) is 1. The number of benzene rings is 1. The van der Waals surface area contributed by atoms with E-state index >= 15 is 0 Å². The van der Waals surface area contributed by atoms with Crippen LogP contribution in [0.15, 0.2) is 34.3 Å². The van der Waals surface area contributed by atoms with Crippen LogP contribution in [0.1, 0.15) is 18.4 Å². The first-order valence-corrected chi connectivity index (χ1v) is 6.93. The zero-order chi connectivity index (χ0) is 12.1. The fraction of sp³-hybridized carbons (Fsp3) is 0.385. The van der Waals surface area contributed by atoms with Crippen LogP contribution < -0.4 is 10.1 Å². The molecule has 0 spiro atoms. The van der Waals surface area contributed by atoms with Gasteiger partial charge >= 0.3 is 0 Å². The quantitative estimate of drug-likeness (QED) is 0.861. The van der Waals surface area contributed by atoms with Crippen molar-refractivity contribution in [2.75, 3.05) is 6.61 Å². The van der Waals surface area contributed by atoms with E-state index in [1.807, 2.05) is 12.1 Å². The van der Waals surface area contributed by atoms with Crippen LogP contribution >= 0.6 is 27.5 Å². The molecule has 0 aromatic heterocycles. The average Bonchev–Trinajstić information content (AvgIpc) is 3.13. The number of para-hydroxylation sites is 1. The first kappa shape index (κ1) is 12.9. The lowest BCUT2D eigenvalue weighted by Crippen LogP contribution is -2.16. The summed E-state index contributed by atoms with van der Waals surface area (Å²) in [5, 5.41) is 3.49. The summed E-state index contributed by atoms with van der Waals surface area (Å²) in [6.45, 7) is 1.34. The van der Waals surface area contributed by atoms with Gasteiger partial charge < -0.3 is 10.1 Å². The maximum atomic E-state index is 5.70. The number of hydrogen-bond acceptors (Lipinski definition) is 2. The molecule has 1 saturated carbocycles. The van der Waals surface area contributed by atoms with Gasteiger partial charge in [-0.25, -0.2) is 0 Å². The Balaban J connectivity index is 2.02. The molecular weight excluding hydrogens is 302 g/mol. The van der Waals surface area contributed by atoms with Crippen molar-refractivity contribution >= 4 is 27.5 Å². The van der Waals surface area contributed by atoms with Gasteiger partial charge in [-0.05, 0) is 40.9 Å². The van der Waals surface area contributed by atoms with E-state index in [0.717, 1.165) is 16.8 Å². The zero-order valence-corrected chi connectivity index (χ0v) is 11.8. The Hall–Kier alpha value is -0.510. The lowest BCUT2D eigenvalue weighted by molar-refractivity contribution is 0.355. The molecule has 0 atom stereocenters. The zero-order valence-electron chi connectivity index (χ0n) is 9.46. The first-order chi connectivity index (χ1) is 8.31. The largest absolute Gasteiger partial charge is 0.488 e. The van der Waals surface area contributed by atoms with Crippen LogP contribution in [0.5, 0.6) is 5.75 Å². The van der Waals surface area contributed by atoms with Gasteiger partial charge in [0.1, 0.15) is 12.4 Å². The Morgan fingerprint density at radius 2 is 2.29 bits per heavy atom. The molecule has 1 aliphatic rings. The molecule has 1 aliphatic carbocycles. The maximum Gasteiger partial charge on any atom is 0.138 e. The molecule has 2 rings (SSSR count). The van der Waals surface area contributed by atoms with Crippen molar-refractivity contribution in [2.45, 2.75) is 25.4 Å². The second kappa shape index (κ2) is 6.43. The maximum absolute atomic E-state index is 5.70. The molecule has 4 heteroatoms. The lowest BCUT2D eigenvalue weighted by atomic mass is 10.2. The summed E-state index contributed by atoms with van der Waals surface area (Å²) in [7, 11) is 0. The number of ether oxygens (including phenoxy) is 1. The molecule has 1 aromatic carbocycles. The summed E-state index contributed by atoms with van der Waals surface area (Å²) < 4.78 is 6.68. The van der Waals surface area contributed by atoms with Crippen molar-refractivity contribution in [3.63, 3.8) is 0 Å². The van der Waals surface area contributed by atoms with Crippen molar-refractivity contribution in [1.82, 2.24) is 5.32 Å². The monoisotopic (exact) mass is 315 g/mol. The van der Waals surface area contributed by atoms with Crippen molar-refractivity contribution < 1.29 is 4.74 Å². The fourth-order valence-corrected chi connectivity index (χ4v) is 2.16. The summed E-state index contributed by atoms with van der Waals surface area (Å²) in [6.07, 6.45) is 4.36. The molecular formula is C13H15BrClNO. The summed E-state index contributed by atoms with van der Waals surface area (Å²) >= 11 is 8.99. The van der Waals surface area contributed by atoms with E-state index in [4.69, 9.17) is 16.3 Å². The van der Waals surface area contributed by atoms with Gasteiger partial charge in [0.15, 0.2) is 0 Å². The fourth-order valence-electron chi connectivity index (χ4n) is 1.56. The third-order valence-electron chi connectivity index (χ3n) is 2.62. The second-order valence-corrected chi connectivity index (χ2v) is 5.16. The Bertz CT molecular complexity index is 404. The molecule has 0 heterocycles. The molecule has 0 aliphatic heterocycles. The van der Waals surface area contributed by atoms with Gasteiger partial charge in [-0.3, -0.25) is 0 Å². The highest BCUT2D eigenvalue weighted by molar-refractivity contribution is 9.10. The smallest absolute Gasteiger partial charge is 0.138 e. The molecule has 0 bridgehead atoms. The van der Waals surface area contributed by atoms with Gasteiger partial charge in [0, 0.05) is 23.7 Å². The van der Waals surface area contributed by atoms with Crippen molar-refractivity contribution in [2.24, 2.45) is 0 Å². The van der Waals surface area contributed by atoms with Crippen molar-refractivity contribution in [1.29, 1.82) is 0 Å². The Kier molecular flexibility index (Phi) is 4.89. The Morgan fingerprint density at radius 3 is 3.00 bits per heavy atom. The normalized spacial score (nSPS) is 15.4. The summed E-state index contributed by atoms with van der Waals surface area (Å²) in [6, 6.07) is 6.79. The molecule has 0 amide bonds. The lowest BCUT2D eigenvalue weighted by Gasteiger charge is -2.12. The molecule has 0 saturated heterocycles. The SMILES string of the molecule is ClC=CCOc1c(Br)cccc1CNC1CC1. The number of halogens is 2. The van der Waals surface area contributed by atoms with E-state index in [1.54, 1.807) is 6.08 Å². The van der Waals surface area contributed by atoms with Gasteiger partial charge in [0.25, 0.3) is 0 Å². The van der Waals surface area contributed by atoms with Crippen LogP contribution in [0.3, 0.4) is 0 Å². The van der Waals surface area contributed by atoms with E-state index in [1.165, 1.54) is 23.9 Å². The predicted octanol–water partition coefficient (Wildman–Crippen LogP) is 3.83. The molecule has 1 fully saturated rings. The van der Waals surface area contributed by atoms with E-state index in [0.29, 0.717) is 12.6 Å². The summed E-state index contributed by atoms with van der Waals surface area (Å²) in [4.78, 5) is 0. The van der Waals surface area contributed by atoms with E-state index in [9.17, 15) is 0 Å². The molecule has 1 aromatic rings. The topological polar surface area (TPSA) is 21.3 Å². The third kappa shape index (κ3) is 4.02. The van der Waals surface area contributed by atoms with Crippen molar-refractivity contribution in [3.05, 3.63) is 39.8 Å². The van der Waals surface area contributed by atoms with Crippen LogP contribution in [0.25, 0.3) is 0 Å². The van der Waals surface area contributed by atoms with Gasteiger partial charge in [-0.1, -0.05) is 23.7 Å².